The lowest BCUT2D eigenvalue weighted by molar-refractivity contribution is -0.140. The van der Waals surface area contributed by atoms with Crippen LogP contribution in [0, 0.1) is 0 Å². The van der Waals surface area contributed by atoms with Crippen LogP contribution >= 0.6 is 23.2 Å². The number of nitrogens with zero attached hydrogens (tertiary/aromatic N) is 2. The first-order valence-corrected chi connectivity index (χ1v) is 16.1. The van der Waals surface area contributed by atoms with Crippen LogP contribution in [-0.4, -0.2) is 63.7 Å². The Bertz CT molecular complexity index is 1520. The van der Waals surface area contributed by atoms with Crippen LogP contribution < -0.4 is 19.1 Å². The van der Waals surface area contributed by atoms with Crippen LogP contribution in [0.15, 0.2) is 66.7 Å². The Labute approximate surface area is 256 Å². The topological polar surface area (TPSA) is 105 Å². The molecule has 12 heteroatoms. The van der Waals surface area contributed by atoms with Crippen molar-refractivity contribution in [1.82, 2.24) is 10.2 Å². The van der Waals surface area contributed by atoms with E-state index in [9.17, 15) is 18.0 Å². The maximum absolute atomic E-state index is 14.2. The molecule has 224 valence electrons. The minimum absolute atomic E-state index is 0.00842. The lowest BCUT2D eigenvalue weighted by atomic mass is 10.0. The van der Waals surface area contributed by atoms with E-state index in [0.717, 1.165) is 16.1 Å². The van der Waals surface area contributed by atoms with Crippen molar-refractivity contribution in [3.63, 3.8) is 0 Å². The Balaban J connectivity index is 1.73. The number of benzene rings is 3. The van der Waals surface area contributed by atoms with Crippen molar-refractivity contribution in [3.8, 4) is 11.5 Å². The van der Waals surface area contributed by atoms with E-state index in [1.807, 2.05) is 37.3 Å². The van der Waals surface area contributed by atoms with Gasteiger partial charge < -0.3 is 19.7 Å². The van der Waals surface area contributed by atoms with Gasteiger partial charge in [-0.25, -0.2) is 8.42 Å². The molecule has 9 nitrogen and oxygen atoms in total. The molecule has 3 aromatic carbocycles. The van der Waals surface area contributed by atoms with Crippen LogP contribution in [0.4, 0.5) is 5.69 Å². The molecule has 0 fully saturated rings. The Morgan fingerprint density at radius 3 is 2.31 bits per heavy atom. The summed E-state index contributed by atoms with van der Waals surface area (Å²) in [5.74, 6) is -0.0525. The van der Waals surface area contributed by atoms with Gasteiger partial charge in [0.15, 0.2) is 11.5 Å². The van der Waals surface area contributed by atoms with E-state index >= 15 is 0 Å². The normalized spacial score (nSPS) is 13.2. The second-order valence-electron chi connectivity index (χ2n) is 9.86. The molecule has 0 spiro atoms. The number of fused-ring (bicyclic) bond motifs is 1. The number of carbonyl (C=O) groups excluding carboxylic acids is 2. The van der Waals surface area contributed by atoms with Crippen LogP contribution in [0.3, 0.4) is 0 Å². The number of rotatable bonds is 12. The lowest BCUT2D eigenvalue weighted by Crippen LogP contribution is -2.53. The number of amides is 2. The minimum Gasteiger partial charge on any atom is -0.486 e. The van der Waals surface area contributed by atoms with Crippen molar-refractivity contribution in [1.29, 1.82) is 0 Å². The highest BCUT2D eigenvalue weighted by atomic mass is 35.5. The number of anilines is 1. The molecule has 1 aliphatic heterocycles. The summed E-state index contributed by atoms with van der Waals surface area (Å²) < 4.78 is 38.2. The van der Waals surface area contributed by atoms with Crippen molar-refractivity contribution >= 4 is 50.7 Å². The van der Waals surface area contributed by atoms with Crippen molar-refractivity contribution < 1.29 is 27.5 Å². The van der Waals surface area contributed by atoms with Gasteiger partial charge in [0, 0.05) is 25.6 Å². The zero-order chi connectivity index (χ0) is 30.3. The fourth-order valence-corrected chi connectivity index (χ4v) is 5.72. The Morgan fingerprint density at radius 1 is 0.929 bits per heavy atom. The number of carbonyl (C=O) groups is 2. The molecule has 0 saturated carbocycles. The first-order valence-electron chi connectivity index (χ1n) is 13.5. The van der Waals surface area contributed by atoms with E-state index in [-0.39, 0.29) is 24.6 Å². The zero-order valence-electron chi connectivity index (χ0n) is 23.4. The smallest absolute Gasteiger partial charge is 0.244 e. The maximum atomic E-state index is 14.2. The highest BCUT2D eigenvalue weighted by Crippen LogP contribution is 2.35. The van der Waals surface area contributed by atoms with Crippen molar-refractivity contribution in [2.24, 2.45) is 0 Å². The van der Waals surface area contributed by atoms with Gasteiger partial charge in [-0.15, -0.1) is 0 Å². The van der Waals surface area contributed by atoms with Gasteiger partial charge in [-0.05, 0) is 41.8 Å². The standard InChI is InChI=1S/C30H33Cl2N3O6S/c1-3-13-33-30(37)26(17-21-7-5-4-6-8-21)34(19-22-9-11-24(31)25(32)16-22)29(36)20-35(42(2,38)39)23-10-12-27-28(18-23)41-15-14-40-27/h4-12,16,18,26H,3,13-15,17,19-20H2,1-2H3,(H,33,37)/t26-/m0/s1. The molecule has 0 aliphatic carbocycles. The maximum Gasteiger partial charge on any atom is 0.244 e. The molecule has 2 amide bonds. The van der Waals surface area contributed by atoms with Gasteiger partial charge in [-0.2, -0.15) is 0 Å². The van der Waals surface area contributed by atoms with Crippen LogP contribution in [0.5, 0.6) is 11.5 Å². The summed E-state index contributed by atoms with van der Waals surface area (Å²) in [5, 5.41) is 3.55. The number of halogens is 2. The summed E-state index contributed by atoms with van der Waals surface area (Å²) in [6.07, 6.45) is 1.94. The van der Waals surface area contributed by atoms with Gasteiger partial charge in [-0.3, -0.25) is 13.9 Å². The molecule has 1 atom stereocenters. The number of hydrogen-bond acceptors (Lipinski definition) is 6. The van der Waals surface area contributed by atoms with E-state index in [2.05, 4.69) is 5.32 Å². The van der Waals surface area contributed by atoms with Crippen molar-refractivity contribution in [2.45, 2.75) is 32.4 Å². The molecule has 0 bridgehead atoms. The molecule has 1 heterocycles. The highest BCUT2D eigenvalue weighted by molar-refractivity contribution is 7.92. The van der Waals surface area contributed by atoms with E-state index in [4.69, 9.17) is 32.7 Å². The SMILES string of the molecule is CCCNC(=O)[C@H](Cc1ccccc1)N(Cc1ccc(Cl)c(Cl)c1)C(=O)CN(c1ccc2c(c1)OCCO2)S(C)(=O)=O. The van der Waals surface area contributed by atoms with E-state index in [0.29, 0.717) is 53.3 Å². The number of hydrogen-bond donors (Lipinski definition) is 1. The summed E-state index contributed by atoms with van der Waals surface area (Å²) in [7, 11) is -3.93. The molecule has 3 aromatic rings. The third-order valence-electron chi connectivity index (χ3n) is 6.65. The molecule has 0 unspecified atom stereocenters. The predicted molar refractivity (Wildman–Crippen MR) is 164 cm³/mol. The number of sulfonamides is 1. The molecular weight excluding hydrogens is 601 g/mol. The van der Waals surface area contributed by atoms with Crippen LogP contribution in [0.2, 0.25) is 10.0 Å². The first kappa shape index (κ1) is 31.5. The van der Waals surface area contributed by atoms with Gasteiger partial charge in [-0.1, -0.05) is 66.5 Å². The van der Waals surface area contributed by atoms with Crippen LogP contribution in [-0.2, 0) is 32.6 Å². The number of ether oxygens (including phenoxy) is 2. The van der Waals surface area contributed by atoms with Crippen molar-refractivity contribution in [2.75, 3.05) is 36.9 Å². The monoisotopic (exact) mass is 633 g/mol. The fourth-order valence-electron chi connectivity index (χ4n) is 4.56. The molecule has 0 saturated heterocycles. The van der Waals surface area contributed by atoms with Crippen LogP contribution in [0.25, 0.3) is 0 Å². The lowest BCUT2D eigenvalue weighted by Gasteiger charge is -2.33. The highest BCUT2D eigenvalue weighted by Gasteiger charge is 2.33. The van der Waals surface area contributed by atoms with Gasteiger partial charge >= 0.3 is 0 Å². The predicted octanol–water partition coefficient (Wildman–Crippen LogP) is 4.70. The fraction of sp³-hybridized carbons (Fsp3) is 0.333. The average molecular weight is 635 g/mol. The molecule has 1 aliphatic rings. The molecule has 1 N–H and O–H groups in total. The van der Waals surface area contributed by atoms with Gasteiger partial charge in [0.05, 0.1) is 22.0 Å². The molecular formula is C30H33Cl2N3O6S. The summed E-state index contributed by atoms with van der Waals surface area (Å²) in [6, 6.07) is 18.0. The Morgan fingerprint density at radius 2 is 1.64 bits per heavy atom. The second kappa shape index (κ2) is 14.1. The average Bonchev–Trinajstić information content (AvgIpc) is 2.97. The second-order valence-corrected chi connectivity index (χ2v) is 12.6. The molecule has 0 aromatic heterocycles. The van der Waals surface area contributed by atoms with Crippen molar-refractivity contribution in [3.05, 3.63) is 87.9 Å². The quantitative estimate of drug-likeness (QED) is 0.310. The van der Waals surface area contributed by atoms with E-state index in [1.165, 1.54) is 11.0 Å². The third kappa shape index (κ3) is 8.08. The molecule has 42 heavy (non-hydrogen) atoms. The molecule has 4 rings (SSSR count). The third-order valence-corrected chi connectivity index (χ3v) is 8.53. The van der Waals surface area contributed by atoms with Crippen LogP contribution in [0.1, 0.15) is 24.5 Å². The molecule has 0 radical (unpaired) electrons. The summed E-state index contributed by atoms with van der Waals surface area (Å²) >= 11 is 12.4. The zero-order valence-corrected chi connectivity index (χ0v) is 25.7. The van der Waals surface area contributed by atoms with Gasteiger partial charge in [0.25, 0.3) is 0 Å². The Kier molecular flexibility index (Phi) is 10.6. The Hall–Kier alpha value is -3.47. The van der Waals surface area contributed by atoms with Gasteiger partial charge in [0.2, 0.25) is 21.8 Å². The van der Waals surface area contributed by atoms with E-state index < -0.39 is 28.5 Å². The first-order chi connectivity index (χ1) is 20.1. The van der Waals surface area contributed by atoms with Gasteiger partial charge in [0.1, 0.15) is 25.8 Å². The summed E-state index contributed by atoms with van der Waals surface area (Å²) in [4.78, 5) is 29.1. The summed E-state index contributed by atoms with van der Waals surface area (Å²) in [6.45, 7) is 2.50. The number of nitrogens with one attached hydrogen (secondary N) is 1. The van der Waals surface area contributed by atoms with E-state index in [1.54, 1.807) is 30.3 Å². The minimum atomic E-state index is -3.93. The summed E-state index contributed by atoms with van der Waals surface area (Å²) in [5.41, 5.74) is 1.71. The largest absolute Gasteiger partial charge is 0.486 e.